The maximum absolute atomic E-state index is 11.7. The molecule has 1 aromatic heterocycles. The molecule has 1 rings (SSSR count). The smallest absolute Gasteiger partial charge is 0.326 e. The summed E-state index contributed by atoms with van der Waals surface area (Å²) < 4.78 is 0. The molecule has 0 unspecified atom stereocenters. The summed E-state index contributed by atoms with van der Waals surface area (Å²) in [4.78, 5) is 36.1. The highest BCUT2D eigenvalue weighted by Crippen LogP contribution is 2.03. The molecule has 6 heteroatoms. The Hall–Kier alpha value is -2.11. The molecule has 0 bridgehead atoms. The lowest BCUT2D eigenvalue weighted by Crippen LogP contribution is -2.41. The van der Waals surface area contributed by atoms with Crippen LogP contribution in [0, 0.1) is 0 Å². The molecule has 0 spiro atoms. The van der Waals surface area contributed by atoms with Crippen LogP contribution in [0.1, 0.15) is 36.5 Å². The number of hydrogen-bond acceptors (Lipinski definition) is 3. The minimum absolute atomic E-state index is 0.154. The average molecular weight is 252 g/mol. The van der Waals surface area contributed by atoms with Crippen LogP contribution in [0.15, 0.2) is 23.1 Å². The van der Waals surface area contributed by atoms with Crippen molar-refractivity contribution < 1.29 is 14.7 Å². The zero-order chi connectivity index (χ0) is 13.5. The Balaban J connectivity index is 2.72. The molecule has 98 valence electrons. The van der Waals surface area contributed by atoms with Crippen molar-refractivity contribution >= 4 is 11.9 Å². The number of aliphatic carboxylic acids is 1. The van der Waals surface area contributed by atoms with Crippen molar-refractivity contribution in [3.8, 4) is 0 Å². The molecule has 0 aliphatic carbocycles. The molecular formula is C12H16N2O4. The molecule has 1 heterocycles. The number of carboxylic acids is 1. The number of carbonyl (C=O) groups is 2. The van der Waals surface area contributed by atoms with Gasteiger partial charge in [0.2, 0.25) is 5.56 Å². The summed E-state index contributed by atoms with van der Waals surface area (Å²) >= 11 is 0. The fraction of sp³-hybridized carbons (Fsp3) is 0.417. The monoisotopic (exact) mass is 252 g/mol. The third-order valence-electron chi connectivity index (χ3n) is 2.49. The van der Waals surface area contributed by atoms with Crippen LogP contribution >= 0.6 is 0 Å². The fourth-order valence-electron chi connectivity index (χ4n) is 1.49. The highest BCUT2D eigenvalue weighted by molar-refractivity contribution is 5.96. The standard InChI is InChI=1S/C12H16N2O4/c1-2-3-4-9(12(17)18)14-11(16)8-5-6-13-10(15)7-8/h5-7,9H,2-4H2,1H3,(H,13,15)(H,14,16)(H,17,18)/t9-/m0/s1. The normalized spacial score (nSPS) is 11.8. The van der Waals surface area contributed by atoms with Crippen molar-refractivity contribution in [2.75, 3.05) is 0 Å². The topological polar surface area (TPSA) is 99.3 Å². The Morgan fingerprint density at radius 3 is 2.78 bits per heavy atom. The number of rotatable bonds is 6. The summed E-state index contributed by atoms with van der Waals surface area (Å²) in [7, 11) is 0. The fourth-order valence-corrected chi connectivity index (χ4v) is 1.49. The van der Waals surface area contributed by atoms with Crippen molar-refractivity contribution in [1.29, 1.82) is 0 Å². The van der Waals surface area contributed by atoms with E-state index in [4.69, 9.17) is 5.11 Å². The van der Waals surface area contributed by atoms with E-state index < -0.39 is 23.5 Å². The van der Waals surface area contributed by atoms with E-state index in [1.165, 1.54) is 12.3 Å². The Kier molecular flexibility index (Phi) is 5.10. The molecule has 0 aliphatic rings. The number of hydrogen-bond donors (Lipinski definition) is 3. The lowest BCUT2D eigenvalue weighted by molar-refractivity contribution is -0.139. The lowest BCUT2D eigenvalue weighted by Gasteiger charge is -2.13. The van der Waals surface area contributed by atoms with Gasteiger partial charge >= 0.3 is 5.97 Å². The van der Waals surface area contributed by atoms with Gasteiger partial charge in [-0.3, -0.25) is 9.59 Å². The van der Waals surface area contributed by atoms with Crippen molar-refractivity contribution in [3.63, 3.8) is 0 Å². The van der Waals surface area contributed by atoms with Crippen LogP contribution in [0.2, 0.25) is 0 Å². The lowest BCUT2D eigenvalue weighted by atomic mass is 10.1. The molecule has 1 atom stereocenters. The van der Waals surface area contributed by atoms with E-state index in [1.54, 1.807) is 0 Å². The quantitative estimate of drug-likeness (QED) is 0.695. The summed E-state index contributed by atoms with van der Waals surface area (Å²) in [6.07, 6.45) is 3.29. The molecule has 18 heavy (non-hydrogen) atoms. The number of H-pyrrole nitrogens is 1. The molecule has 6 nitrogen and oxygen atoms in total. The minimum atomic E-state index is -1.07. The van der Waals surface area contributed by atoms with Gasteiger partial charge < -0.3 is 15.4 Å². The maximum atomic E-state index is 11.7. The van der Waals surface area contributed by atoms with E-state index in [0.717, 1.165) is 12.5 Å². The van der Waals surface area contributed by atoms with Gasteiger partial charge in [0.15, 0.2) is 0 Å². The summed E-state index contributed by atoms with van der Waals surface area (Å²) in [5.41, 5.74) is -0.246. The first-order valence-electron chi connectivity index (χ1n) is 5.77. The van der Waals surface area contributed by atoms with Gasteiger partial charge in [-0.25, -0.2) is 4.79 Å². The van der Waals surface area contributed by atoms with Crippen LogP contribution in [0.25, 0.3) is 0 Å². The Labute approximate surface area is 104 Å². The summed E-state index contributed by atoms with van der Waals surface area (Å²) in [5, 5.41) is 11.4. The first-order valence-corrected chi connectivity index (χ1v) is 5.77. The Morgan fingerprint density at radius 2 is 2.22 bits per heavy atom. The highest BCUT2D eigenvalue weighted by atomic mass is 16.4. The largest absolute Gasteiger partial charge is 0.480 e. The predicted octanol–water partition coefficient (Wildman–Crippen LogP) is 0.748. The molecule has 1 aromatic rings. The number of pyridine rings is 1. The van der Waals surface area contributed by atoms with Gasteiger partial charge in [-0.15, -0.1) is 0 Å². The van der Waals surface area contributed by atoms with Crippen LogP contribution in [-0.2, 0) is 4.79 Å². The van der Waals surface area contributed by atoms with Crippen LogP contribution in [0.4, 0.5) is 0 Å². The number of aromatic amines is 1. The van der Waals surface area contributed by atoms with Gasteiger partial charge in [0.1, 0.15) is 6.04 Å². The van der Waals surface area contributed by atoms with E-state index in [1.807, 2.05) is 6.92 Å². The number of unbranched alkanes of at least 4 members (excludes halogenated alkanes) is 1. The first kappa shape index (κ1) is 14.0. The second kappa shape index (κ2) is 6.58. The predicted molar refractivity (Wildman–Crippen MR) is 65.5 cm³/mol. The Bertz CT molecular complexity index is 481. The molecule has 0 saturated heterocycles. The molecule has 0 aliphatic heterocycles. The third-order valence-corrected chi connectivity index (χ3v) is 2.49. The second-order valence-electron chi connectivity index (χ2n) is 3.95. The number of nitrogens with one attached hydrogen (secondary N) is 2. The van der Waals surface area contributed by atoms with E-state index in [2.05, 4.69) is 10.3 Å². The third kappa shape index (κ3) is 4.04. The molecule has 0 fully saturated rings. The molecule has 0 aromatic carbocycles. The van der Waals surface area contributed by atoms with E-state index >= 15 is 0 Å². The first-order chi connectivity index (χ1) is 8.54. The van der Waals surface area contributed by atoms with Crippen molar-refractivity contribution in [2.24, 2.45) is 0 Å². The zero-order valence-corrected chi connectivity index (χ0v) is 10.1. The van der Waals surface area contributed by atoms with Gasteiger partial charge in [-0.05, 0) is 12.5 Å². The van der Waals surface area contributed by atoms with Crippen LogP contribution in [0.3, 0.4) is 0 Å². The maximum Gasteiger partial charge on any atom is 0.326 e. The van der Waals surface area contributed by atoms with Gasteiger partial charge in [0, 0.05) is 17.8 Å². The van der Waals surface area contributed by atoms with E-state index in [0.29, 0.717) is 12.8 Å². The van der Waals surface area contributed by atoms with Crippen molar-refractivity contribution in [3.05, 3.63) is 34.2 Å². The van der Waals surface area contributed by atoms with Crippen LogP contribution in [0.5, 0.6) is 0 Å². The second-order valence-corrected chi connectivity index (χ2v) is 3.95. The number of carbonyl (C=O) groups excluding carboxylic acids is 1. The number of carboxylic acid groups (broad SMARTS) is 1. The van der Waals surface area contributed by atoms with Gasteiger partial charge in [0.05, 0.1) is 0 Å². The van der Waals surface area contributed by atoms with Gasteiger partial charge in [0.25, 0.3) is 5.91 Å². The molecule has 0 radical (unpaired) electrons. The minimum Gasteiger partial charge on any atom is -0.480 e. The van der Waals surface area contributed by atoms with Crippen molar-refractivity contribution in [1.82, 2.24) is 10.3 Å². The van der Waals surface area contributed by atoms with E-state index in [9.17, 15) is 14.4 Å². The van der Waals surface area contributed by atoms with Gasteiger partial charge in [-0.1, -0.05) is 19.8 Å². The van der Waals surface area contributed by atoms with Crippen molar-refractivity contribution in [2.45, 2.75) is 32.2 Å². The highest BCUT2D eigenvalue weighted by Gasteiger charge is 2.19. The molecule has 3 N–H and O–H groups in total. The Morgan fingerprint density at radius 1 is 1.50 bits per heavy atom. The van der Waals surface area contributed by atoms with Gasteiger partial charge in [-0.2, -0.15) is 0 Å². The zero-order valence-electron chi connectivity index (χ0n) is 10.1. The average Bonchev–Trinajstić information content (AvgIpc) is 2.33. The number of aromatic nitrogens is 1. The van der Waals surface area contributed by atoms with E-state index in [-0.39, 0.29) is 5.56 Å². The summed E-state index contributed by atoms with van der Waals surface area (Å²) in [5.74, 6) is -1.62. The number of amides is 1. The molecular weight excluding hydrogens is 236 g/mol. The molecule has 0 saturated carbocycles. The van der Waals surface area contributed by atoms with Crippen LogP contribution < -0.4 is 10.9 Å². The summed E-state index contributed by atoms with van der Waals surface area (Å²) in [6.45, 7) is 1.94. The molecule has 1 amide bonds. The summed E-state index contributed by atoms with van der Waals surface area (Å²) in [6, 6.07) is 1.64. The van der Waals surface area contributed by atoms with Crippen LogP contribution in [-0.4, -0.2) is 28.0 Å². The SMILES string of the molecule is CCCC[C@H](NC(=O)c1cc[nH]c(=O)c1)C(=O)O.